The maximum atomic E-state index is 13.5. The molecule has 0 fully saturated rings. The Kier molecular flexibility index (Phi) is 5.72. The molecule has 0 N–H and O–H groups in total. The Bertz CT molecular complexity index is 1210. The van der Waals surface area contributed by atoms with Crippen molar-refractivity contribution in [2.24, 2.45) is 0 Å². The van der Waals surface area contributed by atoms with Crippen LogP contribution in [0.2, 0.25) is 5.02 Å². The molecular formula is C23H18BrClN2OS. The summed E-state index contributed by atoms with van der Waals surface area (Å²) in [6.45, 7) is 4.55. The van der Waals surface area contributed by atoms with Gasteiger partial charge in [0.15, 0.2) is 5.13 Å². The number of halogens is 2. The van der Waals surface area contributed by atoms with E-state index in [1.165, 1.54) is 16.9 Å². The highest BCUT2D eigenvalue weighted by Crippen LogP contribution is 2.34. The Morgan fingerprint density at radius 2 is 1.86 bits per heavy atom. The number of carbonyl (C=O) groups excluding carboxylic acids is 1. The van der Waals surface area contributed by atoms with Crippen molar-refractivity contribution in [2.75, 3.05) is 4.90 Å². The van der Waals surface area contributed by atoms with Gasteiger partial charge in [0.2, 0.25) is 0 Å². The maximum Gasteiger partial charge on any atom is 0.261 e. The smallest absolute Gasteiger partial charge is 0.261 e. The van der Waals surface area contributed by atoms with E-state index in [2.05, 4.69) is 41.9 Å². The summed E-state index contributed by atoms with van der Waals surface area (Å²) in [5, 5.41) is 1.09. The number of rotatable bonds is 4. The molecule has 0 bridgehead atoms. The van der Waals surface area contributed by atoms with Crippen LogP contribution in [0.5, 0.6) is 0 Å². The highest BCUT2D eigenvalue weighted by molar-refractivity contribution is 9.10. The first kappa shape index (κ1) is 20.1. The van der Waals surface area contributed by atoms with Gasteiger partial charge in [0.25, 0.3) is 5.91 Å². The average molecular weight is 486 g/mol. The zero-order chi connectivity index (χ0) is 20.5. The van der Waals surface area contributed by atoms with Crippen molar-refractivity contribution in [1.29, 1.82) is 0 Å². The molecule has 1 heterocycles. The first-order valence-corrected chi connectivity index (χ1v) is 11.1. The minimum absolute atomic E-state index is 0.173. The van der Waals surface area contributed by atoms with E-state index in [4.69, 9.17) is 16.6 Å². The Balaban J connectivity index is 1.83. The number of hydrogen-bond donors (Lipinski definition) is 0. The SMILES string of the molecule is Cc1ccc2sc(N(Cc3ccccc3)C(=O)c3cc(Br)ccc3Cl)nc2c1C. The van der Waals surface area contributed by atoms with Crippen molar-refractivity contribution < 1.29 is 4.79 Å². The first-order chi connectivity index (χ1) is 13.9. The molecule has 4 rings (SSSR count). The van der Waals surface area contributed by atoms with Crippen molar-refractivity contribution in [2.45, 2.75) is 20.4 Å². The first-order valence-electron chi connectivity index (χ1n) is 9.11. The van der Waals surface area contributed by atoms with Crippen molar-refractivity contribution in [3.8, 4) is 0 Å². The molecule has 0 atom stereocenters. The molecule has 0 spiro atoms. The third kappa shape index (κ3) is 4.08. The molecule has 3 aromatic carbocycles. The molecule has 0 radical (unpaired) electrons. The van der Waals surface area contributed by atoms with Gasteiger partial charge in [-0.3, -0.25) is 9.69 Å². The van der Waals surface area contributed by atoms with Crippen LogP contribution in [0.1, 0.15) is 27.0 Å². The maximum absolute atomic E-state index is 13.5. The van der Waals surface area contributed by atoms with Gasteiger partial charge in [-0.1, -0.05) is 75.3 Å². The van der Waals surface area contributed by atoms with Crippen LogP contribution >= 0.6 is 38.9 Å². The lowest BCUT2D eigenvalue weighted by atomic mass is 10.1. The quantitative estimate of drug-likeness (QED) is 0.307. The summed E-state index contributed by atoms with van der Waals surface area (Å²) in [5.41, 5.74) is 4.74. The Morgan fingerprint density at radius 1 is 1.10 bits per heavy atom. The van der Waals surface area contributed by atoms with Gasteiger partial charge in [0.05, 0.1) is 27.3 Å². The lowest BCUT2D eigenvalue weighted by Crippen LogP contribution is -2.30. The summed E-state index contributed by atoms with van der Waals surface area (Å²) in [6, 6.07) is 19.4. The lowest BCUT2D eigenvalue weighted by Gasteiger charge is -2.21. The molecule has 1 amide bonds. The Hall–Kier alpha value is -2.21. The van der Waals surface area contributed by atoms with Crippen LogP contribution in [-0.2, 0) is 6.54 Å². The molecule has 0 aliphatic heterocycles. The molecule has 1 aromatic heterocycles. The van der Waals surface area contributed by atoms with Crippen molar-refractivity contribution in [3.63, 3.8) is 0 Å². The summed E-state index contributed by atoms with van der Waals surface area (Å²) < 4.78 is 1.87. The topological polar surface area (TPSA) is 33.2 Å². The van der Waals surface area contributed by atoms with E-state index in [1.54, 1.807) is 17.0 Å². The Morgan fingerprint density at radius 3 is 2.62 bits per heavy atom. The predicted octanol–water partition coefficient (Wildman–Crippen LogP) is 7.18. The lowest BCUT2D eigenvalue weighted by molar-refractivity contribution is 0.0985. The van der Waals surface area contributed by atoms with Gasteiger partial charge >= 0.3 is 0 Å². The number of fused-ring (bicyclic) bond motifs is 1. The summed E-state index contributed by atoms with van der Waals surface area (Å²) in [6.07, 6.45) is 0. The zero-order valence-corrected chi connectivity index (χ0v) is 19.1. The third-order valence-electron chi connectivity index (χ3n) is 4.89. The van der Waals surface area contributed by atoms with Crippen LogP contribution in [0.4, 0.5) is 5.13 Å². The highest BCUT2D eigenvalue weighted by Gasteiger charge is 2.24. The molecule has 0 aliphatic carbocycles. The fourth-order valence-corrected chi connectivity index (χ4v) is 4.71. The van der Waals surface area contributed by atoms with E-state index >= 15 is 0 Å². The summed E-state index contributed by atoms with van der Waals surface area (Å²) in [5.74, 6) is -0.173. The average Bonchev–Trinajstić information content (AvgIpc) is 3.16. The molecule has 0 aliphatic rings. The second kappa shape index (κ2) is 8.27. The van der Waals surface area contributed by atoms with Crippen LogP contribution in [0, 0.1) is 13.8 Å². The van der Waals surface area contributed by atoms with Gasteiger partial charge in [-0.25, -0.2) is 4.98 Å². The standard InChI is InChI=1S/C23H18BrClN2OS/c1-14-8-11-20-21(15(14)2)26-23(29-20)27(13-16-6-4-3-5-7-16)22(28)18-12-17(24)9-10-19(18)25/h3-12H,13H2,1-2H3. The second-order valence-corrected chi connectivity index (χ2v) is 9.18. The molecule has 146 valence electrons. The highest BCUT2D eigenvalue weighted by atomic mass is 79.9. The number of thiazole rings is 1. The van der Waals surface area contributed by atoms with E-state index in [-0.39, 0.29) is 5.91 Å². The van der Waals surface area contributed by atoms with Gasteiger partial charge in [-0.15, -0.1) is 0 Å². The fourth-order valence-electron chi connectivity index (χ4n) is 3.13. The number of hydrogen-bond acceptors (Lipinski definition) is 3. The molecule has 4 aromatic rings. The van der Waals surface area contributed by atoms with Gasteiger partial charge in [-0.2, -0.15) is 0 Å². The van der Waals surface area contributed by atoms with E-state index in [1.807, 2.05) is 36.4 Å². The van der Waals surface area contributed by atoms with Crippen LogP contribution in [-0.4, -0.2) is 10.9 Å². The molecule has 29 heavy (non-hydrogen) atoms. The van der Waals surface area contributed by atoms with Gasteiger partial charge in [0.1, 0.15) is 0 Å². The largest absolute Gasteiger partial charge is 0.279 e. The predicted molar refractivity (Wildman–Crippen MR) is 125 cm³/mol. The van der Waals surface area contributed by atoms with E-state index in [0.717, 1.165) is 25.8 Å². The van der Waals surface area contributed by atoms with Gasteiger partial charge in [0, 0.05) is 4.47 Å². The number of anilines is 1. The number of aromatic nitrogens is 1. The number of aryl methyl sites for hydroxylation is 2. The van der Waals surface area contributed by atoms with E-state index in [0.29, 0.717) is 22.3 Å². The molecule has 3 nitrogen and oxygen atoms in total. The molecule has 6 heteroatoms. The second-order valence-electron chi connectivity index (χ2n) is 6.85. The third-order valence-corrected chi connectivity index (χ3v) is 6.76. The van der Waals surface area contributed by atoms with Gasteiger partial charge in [-0.05, 0) is 54.8 Å². The van der Waals surface area contributed by atoms with E-state index < -0.39 is 0 Å². The number of nitrogens with zero attached hydrogens (tertiary/aromatic N) is 2. The number of benzene rings is 3. The van der Waals surface area contributed by atoms with Gasteiger partial charge < -0.3 is 0 Å². The minimum Gasteiger partial charge on any atom is -0.279 e. The van der Waals surface area contributed by atoms with Crippen LogP contribution < -0.4 is 4.90 Å². The molecule has 0 unspecified atom stereocenters. The van der Waals surface area contributed by atoms with Crippen molar-refractivity contribution in [1.82, 2.24) is 4.98 Å². The monoisotopic (exact) mass is 484 g/mol. The van der Waals surface area contributed by atoms with E-state index in [9.17, 15) is 4.79 Å². The van der Waals surface area contributed by atoms with Crippen LogP contribution in [0.3, 0.4) is 0 Å². The summed E-state index contributed by atoms with van der Waals surface area (Å²) in [4.78, 5) is 20.1. The van der Waals surface area contributed by atoms with Crippen molar-refractivity contribution in [3.05, 3.63) is 92.4 Å². The normalized spacial score (nSPS) is 11.0. The number of carbonyl (C=O) groups is 1. The molecule has 0 saturated heterocycles. The molecular weight excluding hydrogens is 468 g/mol. The summed E-state index contributed by atoms with van der Waals surface area (Å²) in [7, 11) is 0. The van der Waals surface area contributed by atoms with Crippen LogP contribution in [0.15, 0.2) is 65.1 Å². The Labute approximate surface area is 187 Å². The van der Waals surface area contributed by atoms with Crippen LogP contribution in [0.25, 0.3) is 10.2 Å². The fraction of sp³-hybridized carbons (Fsp3) is 0.130. The molecule has 0 saturated carbocycles. The van der Waals surface area contributed by atoms with Crippen molar-refractivity contribution >= 4 is 60.1 Å². The summed E-state index contributed by atoms with van der Waals surface area (Å²) >= 11 is 11.3. The zero-order valence-electron chi connectivity index (χ0n) is 15.9. The number of amides is 1. The minimum atomic E-state index is -0.173.